The van der Waals surface area contributed by atoms with Crippen molar-refractivity contribution in [2.75, 3.05) is 19.5 Å². The minimum atomic E-state index is 0.259. The molecular formula is C11H15Cl2NO2. The molecule has 0 saturated carbocycles. The van der Waals surface area contributed by atoms with E-state index in [9.17, 15) is 0 Å². The van der Waals surface area contributed by atoms with Gasteiger partial charge in [-0.05, 0) is 19.9 Å². The number of ether oxygens (including phenoxy) is 2. The SMILES string of the molecule is COc1c(Cl)cc(NC(C)C)c(OC)c1Cl. The van der Waals surface area contributed by atoms with Gasteiger partial charge in [0.2, 0.25) is 0 Å². The lowest BCUT2D eigenvalue weighted by Gasteiger charge is -2.17. The summed E-state index contributed by atoms with van der Waals surface area (Å²) in [5, 5.41) is 4.04. The number of methoxy groups -OCH3 is 2. The standard InChI is InChI=1S/C11H15Cl2NO2/c1-6(2)14-8-5-7(12)10(15-3)9(13)11(8)16-4/h5-6,14H,1-4H3. The average Bonchev–Trinajstić information content (AvgIpc) is 2.17. The van der Waals surface area contributed by atoms with Crippen molar-refractivity contribution in [2.24, 2.45) is 0 Å². The Kier molecular flexibility index (Phi) is 4.56. The summed E-state index contributed by atoms with van der Waals surface area (Å²) >= 11 is 12.2. The highest BCUT2D eigenvalue weighted by Crippen LogP contribution is 2.44. The van der Waals surface area contributed by atoms with Gasteiger partial charge in [0.15, 0.2) is 11.5 Å². The Morgan fingerprint density at radius 3 is 2.12 bits per heavy atom. The van der Waals surface area contributed by atoms with Gasteiger partial charge in [0.05, 0.1) is 24.9 Å². The van der Waals surface area contributed by atoms with E-state index in [4.69, 9.17) is 32.7 Å². The minimum absolute atomic E-state index is 0.259. The van der Waals surface area contributed by atoms with Crippen LogP contribution in [0, 0.1) is 0 Å². The van der Waals surface area contributed by atoms with E-state index >= 15 is 0 Å². The molecule has 0 atom stereocenters. The average molecular weight is 264 g/mol. The number of benzene rings is 1. The molecule has 1 N–H and O–H groups in total. The molecule has 0 bridgehead atoms. The number of halogens is 2. The molecule has 0 aliphatic carbocycles. The summed E-state index contributed by atoms with van der Waals surface area (Å²) in [5.41, 5.74) is 0.758. The zero-order valence-electron chi connectivity index (χ0n) is 9.73. The molecule has 16 heavy (non-hydrogen) atoms. The van der Waals surface area contributed by atoms with Crippen LogP contribution >= 0.6 is 23.2 Å². The maximum absolute atomic E-state index is 6.13. The Balaban J connectivity index is 3.29. The fraction of sp³-hybridized carbons (Fsp3) is 0.455. The van der Waals surface area contributed by atoms with Crippen LogP contribution in [-0.2, 0) is 0 Å². The third-order valence-electron chi connectivity index (χ3n) is 1.98. The number of nitrogens with one attached hydrogen (secondary N) is 1. The fourth-order valence-electron chi connectivity index (χ4n) is 1.39. The van der Waals surface area contributed by atoms with Crippen molar-refractivity contribution in [1.29, 1.82) is 0 Å². The molecule has 90 valence electrons. The molecule has 0 saturated heterocycles. The molecule has 1 aromatic rings. The van der Waals surface area contributed by atoms with Crippen molar-refractivity contribution in [2.45, 2.75) is 19.9 Å². The molecule has 0 radical (unpaired) electrons. The summed E-state index contributed by atoms with van der Waals surface area (Å²) in [6.07, 6.45) is 0. The van der Waals surface area contributed by atoms with Crippen molar-refractivity contribution < 1.29 is 9.47 Å². The first-order valence-corrected chi connectivity index (χ1v) is 5.63. The van der Waals surface area contributed by atoms with Crippen LogP contribution in [0.4, 0.5) is 5.69 Å². The molecule has 0 aromatic heterocycles. The summed E-state index contributed by atoms with van der Waals surface area (Å²) in [6.45, 7) is 4.04. The largest absolute Gasteiger partial charge is 0.493 e. The first-order valence-electron chi connectivity index (χ1n) is 4.87. The lowest BCUT2D eigenvalue weighted by molar-refractivity contribution is 0.396. The first kappa shape index (κ1) is 13.3. The zero-order valence-corrected chi connectivity index (χ0v) is 11.2. The van der Waals surface area contributed by atoms with E-state index in [0.717, 1.165) is 5.69 Å². The molecule has 0 spiro atoms. The Morgan fingerprint density at radius 1 is 1.12 bits per heavy atom. The van der Waals surface area contributed by atoms with E-state index in [2.05, 4.69) is 5.32 Å². The van der Waals surface area contributed by atoms with Crippen molar-refractivity contribution in [3.63, 3.8) is 0 Å². The van der Waals surface area contributed by atoms with Crippen molar-refractivity contribution in [1.82, 2.24) is 0 Å². The van der Waals surface area contributed by atoms with E-state index in [1.807, 2.05) is 13.8 Å². The summed E-state index contributed by atoms with van der Waals surface area (Å²) in [5.74, 6) is 0.964. The number of hydrogen-bond donors (Lipinski definition) is 1. The smallest absolute Gasteiger partial charge is 0.164 e. The van der Waals surface area contributed by atoms with Crippen LogP contribution in [0.2, 0.25) is 10.0 Å². The van der Waals surface area contributed by atoms with Crippen LogP contribution in [0.3, 0.4) is 0 Å². The van der Waals surface area contributed by atoms with Gasteiger partial charge in [-0.2, -0.15) is 0 Å². The Hall–Kier alpha value is -0.800. The van der Waals surface area contributed by atoms with Gasteiger partial charge in [-0.15, -0.1) is 0 Å². The van der Waals surface area contributed by atoms with Gasteiger partial charge in [-0.25, -0.2) is 0 Å². The van der Waals surface area contributed by atoms with E-state index in [1.165, 1.54) is 7.11 Å². The molecule has 0 aliphatic heterocycles. The Morgan fingerprint density at radius 2 is 1.69 bits per heavy atom. The third kappa shape index (κ3) is 2.66. The van der Waals surface area contributed by atoms with Gasteiger partial charge in [-0.3, -0.25) is 0 Å². The van der Waals surface area contributed by atoms with Crippen molar-refractivity contribution in [3.8, 4) is 11.5 Å². The molecule has 1 aromatic carbocycles. The molecule has 0 amide bonds. The van der Waals surface area contributed by atoms with E-state index in [1.54, 1.807) is 13.2 Å². The van der Waals surface area contributed by atoms with Crippen LogP contribution in [-0.4, -0.2) is 20.3 Å². The first-order chi connectivity index (χ1) is 7.51. The normalized spacial score (nSPS) is 10.4. The second-order valence-corrected chi connectivity index (χ2v) is 4.37. The summed E-state index contributed by atoms with van der Waals surface area (Å²) in [6, 6.07) is 2.00. The van der Waals surface area contributed by atoms with Crippen LogP contribution in [0.25, 0.3) is 0 Å². The lowest BCUT2D eigenvalue weighted by atomic mass is 10.2. The Labute approximate surface area is 106 Å². The second kappa shape index (κ2) is 5.51. The monoisotopic (exact) mass is 263 g/mol. The van der Waals surface area contributed by atoms with Crippen LogP contribution in [0.15, 0.2) is 6.07 Å². The molecule has 0 fully saturated rings. The summed E-state index contributed by atoms with van der Waals surface area (Å²) in [7, 11) is 3.07. The highest BCUT2D eigenvalue weighted by Gasteiger charge is 2.17. The predicted octanol–water partition coefficient (Wildman–Crippen LogP) is 3.83. The Bertz CT molecular complexity index is 381. The minimum Gasteiger partial charge on any atom is -0.493 e. The molecule has 0 aliphatic rings. The molecular weight excluding hydrogens is 249 g/mol. The number of rotatable bonds is 4. The molecule has 1 rings (SSSR count). The summed E-state index contributed by atoms with van der Waals surface area (Å²) < 4.78 is 10.3. The van der Waals surface area contributed by atoms with Gasteiger partial charge in [-0.1, -0.05) is 23.2 Å². The molecule has 0 unspecified atom stereocenters. The van der Waals surface area contributed by atoms with Crippen LogP contribution in [0.1, 0.15) is 13.8 Å². The maximum Gasteiger partial charge on any atom is 0.164 e. The molecule has 5 heteroatoms. The second-order valence-electron chi connectivity index (χ2n) is 3.59. The van der Waals surface area contributed by atoms with Gasteiger partial charge < -0.3 is 14.8 Å². The number of anilines is 1. The highest BCUT2D eigenvalue weighted by molar-refractivity contribution is 6.38. The molecule has 0 heterocycles. The maximum atomic E-state index is 6.13. The van der Waals surface area contributed by atoms with Gasteiger partial charge >= 0.3 is 0 Å². The topological polar surface area (TPSA) is 30.5 Å². The molecule has 3 nitrogen and oxygen atoms in total. The lowest BCUT2D eigenvalue weighted by Crippen LogP contribution is -2.11. The highest BCUT2D eigenvalue weighted by atomic mass is 35.5. The van der Waals surface area contributed by atoms with E-state index < -0.39 is 0 Å². The van der Waals surface area contributed by atoms with Crippen LogP contribution in [0.5, 0.6) is 11.5 Å². The fourth-order valence-corrected chi connectivity index (χ4v) is 2.08. The third-order valence-corrected chi connectivity index (χ3v) is 2.61. The van der Waals surface area contributed by atoms with Gasteiger partial charge in [0.1, 0.15) is 5.02 Å². The van der Waals surface area contributed by atoms with Gasteiger partial charge in [0, 0.05) is 6.04 Å². The van der Waals surface area contributed by atoms with Crippen molar-refractivity contribution >= 4 is 28.9 Å². The van der Waals surface area contributed by atoms with Gasteiger partial charge in [0.25, 0.3) is 0 Å². The number of hydrogen-bond acceptors (Lipinski definition) is 3. The van der Waals surface area contributed by atoms with E-state index in [0.29, 0.717) is 21.5 Å². The van der Waals surface area contributed by atoms with Crippen LogP contribution < -0.4 is 14.8 Å². The predicted molar refractivity (Wildman–Crippen MR) is 68.3 cm³/mol. The summed E-state index contributed by atoms with van der Waals surface area (Å²) in [4.78, 5) is 0. The van der Waals surface area contributed by atoms with E-state index in [-0.39, 0.29) is 6.04 Å². The quantitative estimate of drug-likeness (QED) is 0.896. The van der Waals surface area contributed by atoms with Crippen molar-refractivity contribution in [3.05, 3.63) is 16.1 Å². The zero-order chi connectivity index (χ0) is 12.3.